The average Bonchev–Trinajstić information content (AvgIpc) is 3.15. The van der Waals surface area contributed by atoms with E-state index in [1.807, 2.05) is 19.9 Å². The van der Waals surface area contributed by atoms with Crippen LogP contribution in [-0.2, 0) is 52.7 Å². The summed E-state index contributed by atoms with van der Waals surface area (Å²) in [5.74, 6) is -5.16. The molecule has 19 nitrogen and oxygen atoms in total. The molecule has 2 heterocycles. The van der Waals surface area contributed by atoms with Crippen LogP contribution in [0.5, 0.6) is 0 Å². The minimum Gasteiger partial charge on any atom is -0.726 e. The van der Waals surface area contributed by atoms with Gasteiger partial charge in [0.2, 0.25) is 10.4 Å². The number of hydrogen-bond donors (Lipinski definition) is 7. The number of fused-ring (bicyclic) bond motifs is 7. The number of hydrogen-bond acceptors (Lipinski definition) is 16. The summed E-state index contributed by atoms with van der Waals surface area (Å²) in [6, 6.07) is 0. The number of rotatable bonds is 9. The topological polar surface area (TPSA) is 313 Å². The molecule has 19 atom stereocenters. The minimum absolute atomic E-state index is 0. The summed E-state index contributed by atoms with van der Waals surface area (Å²) < 4.78 is 63.9. The van der Waals surface area contributed by atoms with Crippen LogP contribution in [0.25, 0.3) is 0 Å². The Morgan fingerprint density at radius 1 is 0.746 bits per heavy atom. The van der Waals surface area contributed by atoms with Crippen molar-refractivity contribution in [1.29, 1.82) is 0 Å². The van der Waals surface area contributed by atoms with Crippen LogP contribution in [0.1, 0.15) is 106 Å². The molecule has 2 aliphatic heterocycles. The van der Waals surface area contributed by atoms with E-state index in [-0.39, 0.29) is 59.0 Å². The van der Waals surface area contributed by atoms with Gasteiger partial charge in [-0.05, 0) is 110 Å². The van der Waals surface area contributed by atoms with E-state index in [1.165, 1.54) is 0 Å². The molecule has 0 aromatic rings. The second kappa shape index (κ2) is 16.9. The molecule has 63 heavy (non-hydrogen) atoms. The summed E-state index contributed by atoms with van der Waals surface area (Å²) in [5.41, 5.74) is -2.36. The van der Waals surface area contributed by atoms with Gasteiger partial charge in [0.1, 0.15) is 36.6 Å². The second-order valence-corrected chi connectivity index (χ2v) is 22.1. The van der Waals surface area contributed by atoms with E-state index < -0.39 is 129 Å². The van der Waals surface area contributed by atoms with Gasteiger partial charge in [0.25, 0.3) is 0 Å². The molecule has 0 radical (unpaired) electrons. The van der Waals surface area contributed by atoms with Gasteiger partial charge < -0.3 is 59.2 Å². The Bertz CT molecular complexity index is 2000. The normalized spacial score (nSPS) is 49.4. The number of carbonyl (C=O) groups excluding carboxylic acids is 1. The Hall–Kier alpha value is -1.63. The van der Waals surface area contributed by atoms with Gasteiger partial charge in [-0.2, -0.15) is 0 Å². The van der Waals surface area contributed by atoms with Crippen molar-refractivity contribution in [3.8, 4) is 0 Å². The van der Waals surface area contributed by atoms with Gasteiger partial charge in [-0.15, -0.1) is 0 Å². The number of carboxylic acids is 3. The average molecular weight is 925 g/mol. The summed E-state index contributed by atoms with van der Waals surface area (Å²) in [7, 11) is -5.74. The Labute approximate surface area is 388 Å². The first-order valence-electron chi connectivity index (χ1n) is 21.4. The number of aliphatic carboxylic acids is 3. The number of ketones is 1. The summed E-state index contributed by atoms with van der Waals surface area (Å²) in [6.45, 7) is 14.4. The monoisotopic (exact) mass is 924 g/mol. The number of aliphatic hydroxyl groups excluding tert-OH is 4. The first-order valence-corrected chi connectivity index (χ1v) is 22.7. The Morgan fingerprint density at radius 3 is 1.92 bits per heavy atom. The van der Waals surface area contributed by atoms with Crippen molar-refractivity contribution in [3.63, 3.8) is 0 Å². The summed E-state index contributed by atoms with van der Waals surface area (Å²) >= 11 is 0. The van der Waals surface area contributed by atoms with Crippen molar-refractivity contribution < 1.29 is 121 Å². The predicted octanol–water partition coefficient (Wildman–Crippen LogP) is -1.27. The molecule has 7 N–H and O–H groups in total. The van der Waals surface area contributed by atoms with Crippen LogP contribution in [0.4, 0.5) is 0 Å². The number of carbonyl (C=O) groups is 4. The maximum absolute atomic E-state index is 14.9. The number of carboxylic acid groups (broad SMARTS) is 3. The van der Waals surface area contributed by atoms with E-state index in [0.29, 0.717) is 32.1 Å². The smallest absolute Gasteiger partial charge is 0.726 e. The molecule has 6 fully saturated rings. The molecule has 21 heteroatoms. The summed E-state index contributed by atoms with van der Waals surface area (Å²) in [6.07, 6.45) is -15.7. The maximum atomic E-state index is 14.9. The van der Waals surface area contributed by atoms with E-state index in [9.17, 15) is 67.9 Å². The fraction of sp³-hybridized carbons (Fsp3) is 0.857. The molecule has 7 aliphatic rings. The second-order valence-electron chi connectivity index (χ2n) is 21.1. The largest absolute Gasteiger partial charge is 1.00 e. The van der Waals surface area contributed by atoms with Gasteiger partial charge in [0.15, 0.2) is 30.6 Å². The van der Waals surface area contributed by atoms with E-state index in [4.69, 9.17) is 18.9 Å². The molecular formula is C42H61NaO19S. The van der Waals surface area contributed by atoms with E-state index >= 15 is 0 Å². The molecule has 0 spiro atoms. The zero-order chi connectivity index (χ0) is 46.1. The molecule has 5 aliphatic carbocycles. The first kappa shape index (κ1) is 50.8. The van der Waals surface area contributed by atoms with Crippen LogP contribution in [0.15, 0.2) is 11.6 Å². The molecule has 7 rings (SSSR count). The van der Waals surface area contributed by atoms with E-state index in [1.54, 1.807) is 6.92 Å². The zero-order valence-corrected chi connectivity index (χ0v) is 39.8. The van der Waals surface area contributed by atoms with Crippen molar-refractivity contribution in [3.05, 3.63) is 11.6 Å². The molecule has 0 amide bonds. The van der Waals surface area contributed by atoms with Crippen LogP contribution in [0, 0.1) is 50.2 Å². The SMILES string of the molecule is CC1(C)[C@@H](O[C@H]2O[C@H](C(=O)O)[C@@H](O)[C@H](OS(=O)(=O)[O-])[C@H]2O[C@@H]2O[C@H](C(=O)O)[C@@H](O)[C@H](O)[C@H]2O)CC[C@]2(C)[C@H]3C(=O)C=C4[C@@H]5C[C@@](C)(C(=O)O)CC[C@]5(C)CC[C@@]4(C)[C@]3(C)CC[C@@H]12.[Na+]. The fourth-order valence-electron chi connectivity index (χ4n) is 13.6. The molecular weight excluding hydrogens is 863 g/mol. The molecule has 0 bridgehead atoms. The van der Waals surface area contributed by atoms with Crippen molar-refractivity contribution in [2.45, 2.75) is 174 Å². The molecule has 0 aromatic carbocycles. The van der Waals surface area contributed by atoms with Gasteiger partial charge in [-0.3, -0.25) is 13.8 Å². The van der Waals surface area contributed by atoms with Gasteiger partial charge in [-0.25, -0.2) is 18.0 Å². The Kier molecular flexibility index (Phi) is 13.6. The third kappa shape index (κ3) is 8.10. The standard InChI is InChI=1S/C42H62O19S.Na/c1-37(2)21-8-11-42(7)31(20(43)16-18-19-17-39(4,36(52)53)13-12-38(19,3)14-15-41(18,42)6)40(21,5)10-9-22(37)57-35-30(27(61-62(54,55)56)26(47)29(59-35)33(50)51)60-34-25(46)23(44)24(45)28(58-34)32(48)49;/h16,19,21-31,34-35,44-47H,8-15,17H2,1-7H3,(H,48,49)(H,50,51)(H,52,53)(H,54,55,56);/q;+1/p-1/t19-,21-,22-,23-,24-,25+,26-,27-,28-,29-,30+,31+,34-,35-,38+,39-,40-,41+,42+;/m0./s1. The number of aliphatic hydroxyl groups is 4. The zero-order valence-electron chi connectivity index (χ0n) is 37.0. The van der Waals surface area contributed by atoms with Gasteiger partial charge in [-0.1, -0.05) is 47.1 Å². The van der Waals surface area contributed by atoms with E-state index in [0.717, 1.165) is 24.8 Å². The third-order valence-electron chi connectivity index (χ3n) is 17.4. The van der Waals surface area contributed by atoms with Crippen molar-refractivity contribution >= 4 is 34.1 Å². The van der Waals surface area contributed by atoms with Crippen LogP contribution in [0.3, 0.4) is 0 Å². The third-order valence-corrected chi connectivity index (χ3v) is 17.9. The quantitative estimate of drug-likeness (QED) is 0.0614. The van der Waals surface area contributed by atoms with Crippen LogP contribution in [0.2, 0.25) is 0 Å². The fourth-order valence-corrected chi connectivity index (χ4v) is 14.1. The number of ether oxygens (including phenoxy) is 4. The van der Waals surface area contributed by atoms with Crippen LogP contribution < -0.4 is 29.6 Å². The maximum Gasteiger partial charge on any atom is 1.00 e. The molecule has 0 unspecified atom stereocenters. The molecule has 350 valence electrons. The van der Waals surface area contributed by atoms with Gasteiger partial charge >= 0.3 is 47.5 Å². The predicted molar refractivity (Wildman–Crippen MR) is 208 cm³/mol. The van der Waals surface area contributed by atoms with Gasteiger partial charge in [0.05, 0.1) is 11.5 Å². The Balaban J connectivity index is 0.00000661. The van der Waals surface area contributed by atoms with E-state index in [2.05, 4.69) is 31.9 Å². The molecule has 2 saturated heterocycles. The summed E-state index contributed by atoms with van der Waals surface area (Å²) in [5, 5.41) is 72.5. The first-order chi connectivity index (χ1) is 28.5. The van der Waals surface area contributed by atoms with Gasteiger partial charge in [0, 0.05) is 5.92 Å². The number of allylic oxidation sites excluding steroid dienone is 2. The van der Waals surface area contributed by atoms with Crippen molar-refractivity contribution in [2.75, 3.05) is 0 Å². The van der Waals surface area contributed by atoms with Crippen molar-refractivity contribution in [1.82, 2.24) is 0 Å². The molecule has 0 aromatic heterocycles. The summed E-state index contributed by atoms with van der Waals surface area (Å²) in [4.78, 5) is 51.7. The Morgan fingerprint density at radius 2 is 1.33 bits per heavy atom. The molecule has 4 saturated carbocycles. The van der Waals surface area contributed by atoms with Crippen LogP contribution >= 0.6 is 0 Å². The van der Waals surface area contributed by atoms with Crippen LogP contribution in [-0.4, -0.2) is 140 Å². The minimum atomic E-state index is -5.74. The van der Waals surface area contributed by atoms with Crippen molar-refractivity contribution in [2.24, 2.45) is 50.2 Å².